The number of nitrogens with zero attached hydrogens (tertiary/aromatic N) is 5. The number of ketones is 1. The Morgan fingerprint density at radius 1 is 1.27 bits per heavy atom. The Labute approximate surface area is 184 Å². The number of amides is 1. The van der Waals surface area contributed by atoms with Crippen molar-refractivity contribution in [1.82, 2.24) is 23.9 Å². The van der Waals surface area contributed by atoms with E-state index in [4.69, 9.17) is 16.3 Å². The summed E-state index contributed by atoms with van der Waals surface area (Å²) in [5.74, 6) is 0.573. The van der Waals surface area contributed by atoms with Crippen molar-refractivity contribution in [2.75, 3.05) is 37.6 Å². The van der Waals surface area contributed by atoms with Crippen LogP contribution in [0.3, 0.4) is 0 Å². The summed E-state index contributed by atoms with van der Waals surface area (Å²) in [6.07, 6.45) is 2.61. The van der Waals surface area contributed by atoms with Gasteiger partial charge in [-0.1, -0.05) is 11.6 Å². The third kappa shape index (κ3) is 5.87. The fourth-order valence-corrected chi connectivity index (χ4v) is 3.97. The molecule has 0 aromatic carbocycles. The number of aromatic nitrogens is 3. The molecule has 1 fully saturated rings. The molecule has 0 unspecified atom stereocenters. The number of hydrogen-bond donors (Lipinski definition) is 1. The molecule has 11 heteroatoms. The number of nitrogens with one attached hydrogen (secondary N) is 1. The average Bonchev–Trinajstić information content (AvgIpc) is 3.13. The predicted molar refractivity (Wildman–Crippen MR) is 115 cm³/mol. The third-order valence-electron chi connectivity index (χ3n) is 4.57. The summed E-state index contributed by atoms with van der Waals surface area (Å²) < 4.78 is 13.6. The molecule has 9 nitrogen and oxygen atoms in total. The van der Waals surface area contributed by atoms with E-state index in [0.717, 1.165) is 11.7 Å². The van der Waals surface area contributed by atoms with Crippen LogP contribution in [-0.4, -0.2) is 74.9 Å². The van der Waals surface area contributed by atoms with E-state index in [9.17, 15) is 9.59 Å². The first-order chi connectivity index (χ1) is 14.2. The Bertz CT molecular complexity index is 865. The van der Waals surface area contributed by atoms with Gasteiger partial charge in [-0.3, -0.25) is 14.7 Å². The van der Waals surface area contributed by atoms with Gasteiger partial charge in [-0.15, -0.1) is 0 Å². The lowest BCUT2D eigenvalue weighted by atomic mass is 10.0. The zero-order valence-electron chi connectivity index (χ0n) is 17.2. The second kappa shape index (κ2) is 9.67. The van der Waals surface area contributed by atoms with Crippen LogP contribution < -0.4 is 10.2 Å². The fourth-order valence-electron chi connectivity index (χ4n) is 3.19. The van der Waals surface area contributed by atoms with Gasteiger partial charge in [0.1, 0.15) is 5.60 Å². The number of hydrogen-bond acceptors (Lipinski definition) is 9. The largest absolute Gasteiger partial charge is 0.444 e. The summed E-state index contributed by atoms with van der Waals surface area (Å²) in [5, 5.41) is 3.13. The van der Waals surface area contributed by atoms with Crippen LogP contribution in [0.4, 0.5) is 10.6 Å². The van der Waals surface area contributed by atoms with Gasteiger partial charge < -0.3 is 15.0 Å². The molecule has 3 heterocycles. The van der Waals surface area contributed by atoms with Gasteiger partial charge in [-0.25, -0.2) is 4.79 Å². The highest BCUT2D eigenvalue weighted by atomic mass is 35.5. The lowest BCUT2D eigenvalue weighted by Crippen LogP contribution is -2.56. The van der Waals surface area contributed by atoms with Crippen molar-refractivity contribution in [2.24, 2.45) is 0 Å². The molecular weight excluding hydrogens is 428 g/mol. The van der Waals surface area contributed by atoms with Crippen LogP contribution in [0.15, 0.2) is 24.5 Å². The van der Waals surface area contributed by atoms with Gasteiger partial charge in [0.25, 0.3) is 0 Å². The maximum atomic E-state index is 13.2. The molecule has 3 rings (SSSR count). The second-order valence-electron chi connectivity index (χ2n) is 7.91. The van der Waals surface area contributed by atoms with Crippen molar-refractivity contribution >= 4 is 41.0 Å². The molecule has 1 N–H and O–H groups in total. The van der Waals surface area contributed by atoms with Gasteiger partial charge in [0, 0.05) is 50.7 Å². The van der Waals surface area contributed by atoms with Crippen LogP contribution in [0, 0.1) is 0 Å². The highest BCUT2D eigenvalue weighted by molar-refractivity contribution is 6.99. The quantitative estimate of drug-likeness (QED) is 0.667. The molecule has 1 saturated heterocycles. The normalized spacial score (nSPS) is 16.2. The molecule has 1 amide bonds. The Morgan fingerprint density at radius 2 is 2.00 bits per heavy atom. The Morgan fingerprint density at radius 3 is 2.57 bits per heavy atom. The van der Waals surface area contributed by atoms with Gasteiger partial charge >= 0.3 is 6.09 Å². The molecule has 1 atom stereocenters. The van der Waals surface area contributed by atoms with Crippen LogP contribution in [0.2, 0.25) is 5.15 Å². The number of halogens is 1. The number of Topliss-reactive ketones (excluding diaryl/α,β-unsaturated/α-hetero) is 1. The summed E-state index contributed by atoms with van der Waals surface area (Å²) in [4.78, 5) is 33.5. The van der Waals surface area contributed by atoms with E-state index < -0.39 is 17.7 Å². The first kappa shape index (κ1) is 22.4. The van der Waals surface area contributed by atoms with E-state index in [1.807, 2.05) is 0 Å². The van der Waals surface area contributed by atoms with E-state index in [0.29, 0.717) is 42.7 Å². The lowest BCUT2D eigenvalue weighted by molar-refractivity contribution is 0.0501. The number of alkyl carbamates (subject to hydrolysis) is 1. The SMILES string of the molecule is CC(C)(C)OC(=O)NC[C@H](C(=O)c1cccnc1)N1CCN(c2nsnc2Cl)CC1. The predicted octanol–water partition coefficient (Wildman–Crippen LogP) is 2.48. The highest BCUT2D eigenvalue weighted by Crippen LogP contribution is 2.24. The number of carbonyl (C=O) groups excluding carboxylic acids is 2. The maximum Gasteiger partial charge on any atom is 0.407 e. The van der Waals surface area contributed by atoms with E-state index in [1.54, 1.807) is 45.3 Å². The molecule has 0 spiro atoms. The summed E-state index contributed by atoms with van der Waals surface area (Å²) in [5.41, 5.74) is -0.109. The number of ether oxygens (including phenoxy) is 1. The molecule has 162 valence electrons. The molecule has 1 aliphatic rings. The summed E-state index contributed by atoms with van der Waals surface area (Å²) in [6, 6.07) is 2.92. The molecule has 2 aromatic rings. The smallest absolute Gasteiger partial charge is 0.407 e. The first-order valence-corrected chi connectivity index (χ1v) is 10.7. The Balaban J connectivity index is 1.69. The zero-order chi connectivity index (χ0) is 21.7. The topological polar surface area (TPSA) is 101 Å². The standard InChI is InChI=1S/C19H25ClN6O3S/c1-19(2,3)29-18(28)22-12-14(15(27)13-5-4-6-21-11-13)25-7-9-26(10-8-25)17-16(20)23-30-24-17/h4-6,11,14H,7-10,12H2,1-3H3,(H,22,28)/t14-/m1/s1. The minimum atomic E-state index is -0.612. The van der Waals surface area contributed by atoms with Gasteiger partial charge in [-0.2, -0.15) is 8.75 Å². The van der Waals surface area contributed by atoms with Gasteiger partial charge in [-0.05, 0) is 32.9 Å². The minimum Gasteiger partial charge on any atom is -0.444 e. The molecule has 30 heavy (non-hydrogen) atoms. The Kier molecular flexibility index (Phi) is 7.22. The van der Waals surface area contributed by atoms with Crippen molar-refractivity contribution in [3.8, 4) is 0 Å². The van der Waals surface area contributed by atoms with Gasteiger partial charge in [0.2, 0.25) is 0 Å². The van der Waals surface area contributed by atoms with E-state index in [2.05, 4.69) is 28.8 Å². The van der Waals surface area contributed by atoms with Crippen LogP contribution in [0.5, 0.6) is 0 Å². The molecule has 0 radical (unpaired) electrons. The van der Waals surface area contributed by atoms with Crippen molar-refractivity contribution in [1.29, 1.82) is 0 Å². The highest BCUT2D eigenvalue weighted by Gasteiger charge is 2.32. The number of rotatable bonds is 6. The van der Waals surface area contributed by atoms with Crippen LogP contribution in [-0.2, 0) is 4.74 Å². The van der Waals surface area contributed by atoms with Gasteiger partial charge in [0.05, 0.1) is 17.8 Å². The van der Waals surface area contributed by atoms with E-state index >= 15 is 0 Å². The van der Waals surface area contributed by atoms with Crippen molar-refractivity contribution in [3.63, 3.8) is 0 Å². The number of anilines is 1. The van der Waals surface area contributed by atoms with E-state index in [1.165, 1.54) is 0 Å². The Hall–Kier alpha value is -2.30. The van der Waals surface area contributed by atoms with E-state index in [-0.39, 0.29) is 12.3 Å². The van der Waals surface area contributed by atoms with Gasteiger partial charge in [0.15, 0.2) is 16.8 Å². The van der Waals surface area contributed by atoms with Crippen molar-refractivity contribution in [2.45, 2.75) is 32.4 Å². The molecule has 2 aromatic heterocycles. The molecular formula is C19H25ClN6O3S. The first-order valence-electron chi connectivity index (χ1n) is 9.63. The number of pyridine rings is 1. The van der Waals surface area contributed by atoms with Crippen molar-refractivity contribution < 1.29 is 14.3 Å². The maximum absolute atomic E-state index is 13.2. The monoisotopic (exact) mass is 452 g/mol. The number of piperazine rings is 1. The summed E-state index contributed by atoms with van der Waals surface area (Å²) >= 11 is 7.17. The summed E-state index contributed by atoms with van der Waals surface area (Å²) in [6.45, 7) is 8.04. The second-order valence-corrected chi connectivity index (χ2v) is 8.79. The molecule has 0 bridgehead atoms. The fraction of sp³-hybridized carbons (Fsp3) is 0.526. The van der Waals surface area contributed by atoms with Crippen LogP contribution in [0.1, 0.15) is 31.1 Å². The van der Waals surface area contributed by atoms with Crippen LogP contribution >= 0.6 is 23.3 Å². The zero-order valence-corrected chi connectivity index (χ0v) is 18.7. The molecule has 0 aliphatic carbocycles. The molecule has 1 aliphatic heterocycles. The van der Waals surface area contributed by atoms with Crippen molar-refractivity contribution in [3.05, 3.63) is 35.2 Å². The minimum absolute atomic E-state index is 0.0963. The average molecular weight is 453 g/mol. The molecule has 0 saturated carbocycles. The number of carbonyl (C=O) groups is 2. The third-order valence-corrected chi connectivity index (χ3v) is 5.45. The van der Waals surface area contributed by atoms with Crippen LogP contribution in [0.25, 0.3) is 0 Å². The lowest BCUT2D eigenvalue weighted by Gasteiger charge is -2.38. The summed E-state index contributed by atoms with van der Waals surface area (Å²) in [7, 11) is 0.